The first kappa shape index (κ1) is 41.7. The lowest BCUT2D eigenvalue weighted by atomic mass is 9.78. The molecule has 0 radical (unpaired) electrons. The number of nitrogens with zero attached hydrogens (tertiary/aromatic N) is 3. The summed E-state index contributed by atoms with van der Waals surface area (Å²) in [5.74, 6) is -1.68. The van der Waals surface area contributed by atoms with Crippen molar-refractivity contribution in [1.82, 2.24) is 14.8 Å². The highest BCUT2D eigenvalue weighted by Gasteiger charge is 2.57. The van der Waals surface area contributed by atoms with Crippen LogP contribution in [0.4, 0.5) is 26.3 Å². The van der Waals surface area contributed by atoms with Gasteiger partial charge in [0, 0.05) is 42.8 Å². The molecular formula is C39H45F6N3O7S. The quantitative estimate of drug-likeness (QED) is 0.166. The first-order valence-corrected chi connectivity index (χ1v) is 19.7. The van der Waals surface area contributed by atoms with Gasteiger partial charge in [0.15, 0.2) is 6.23 Å². The smallest absolute Gasteiger partial charge is 0.425 e. The summed E-state index contributed by atoms with van der Waals surface area (Å²) in [4.78, 5) is 32.1. The van der Waals surface area contributed by atoms with Crippen LogP contribution in [0.1, 0.15) is 99.1 Å². The molecule has 3 aromatic rings. The number of hydrogen-bond acceptors (Lipinski definition) is 9. The number of amides is 1. The lowest BCUT2D eigenvalue weighted by Crippen LogP contribution is -2.68. The van der Waals surface area contributed by atoms with E-state index in [1.54, 1.807) is 31.2 Å². The highest BCUT2D eigenvalue weighted by Crippen LogP contribution is 2.46. The van der Waals surface area contributed by atoms with Crippen LogP contribution in [0.2, 0.25) is 0 Å². The molecule has 3 fully saturated rings. The molecule has 1 aromatic carbocycles. The summed E-state index contributed by atoms with van der Waals surface area (Å²) in [6.07, 6.45) is -7.87. The minimum Gasteiger partial charge on any atom is -0.490 e. The van der Waals surface area contributed by atoms with Crippen LogP contribution in [-0.2, 0) is 27.5 Å². The van der Waals surface area contributed by atoms with Crippen molar-refractivity contribution in [3.05, 3.63) is 75.7 Å². The minimum absolute atomic E-state index is 0.00417. The van der Waals surface area contributed by atoms with Crippen LogP contribution in [0, 0.1) is 5.92 Å². The summed E-state index contributed by atoms with van der Waals surface area (Å²) in [5, 5.41) is 34.2. The number of benzene rings is 1. The van der Waals surface area contributed by atoms with Crippen molar-refractivity contribution in [1.29, 1.82) is 0 Å². The van der Waals surface area contributed by atoms with Crippen LogP contribution in [0.25, 0.3) is 0 Å². The molecular weight excluding hydrogens is 768 g/mol. The number of halogens is 6. The molecule has 10 nitrogen and oxygen atoms in total. The predicted molar refractivity (Wildman–Crippen MR) is 192 cm³/mol. The zero-order chi connectivity index (χ0) is 40.5. The number of hydrogen-bond donors (Lipinski definition) is 3. The number of carbonyl (C=O) groups excluding carboxylic acids is 1. The molecule has 1 aliphatic carbocycles. The fraction of sp³-hybridized carbons (Fsp3) is 0.564. The van der Waals surface area contributed by atoms with Crippen LogP contribution in [0.5, 0.6) is 11.5 Å². The number of aromatic nitrogens is 1. The van der Waals surface area contributed by atoms with Crippen molar-refractivity contribution in [2.45, 2.75) is 113 Å². The number of thiophene rings is 1. The topological polar surface area (TPSA) is 133 Å². The maximum absolute atomic E-state index is 15.0. The summed E-state index contributed by atoms with van der Waals surface area (Å²) < 4.78 is 96.2. The molecule has 1 saturated carbocycles. The molecule has 0 bridgehead atoms. The van der Waals surface area contributed by atoms with E-state index in [1.807, 2.05) is 0 Å². The molecule has 2 aromatic heterocycles. The van der Waals surface area contributed by atoms with Crippen LogP contribution < -0.4 is 9.47 Å². The third kappa shape index (κ3) is 8.65. The van der Waals surface area contributed by atoms with Crippen LogP contribution in [0.3, 0.4) is 0 Å². The lowest BCUT2D eigenvalue weighted by molar-refractivity contribution is -0.177. The maximum Gasteiger partial charge on any atom is 0.425 e. The molecule has 1 amide bonds. The van der Waals surface area contributed by atoms with E-state index in [0.717, 1.165) is 29.8 Å². The Morgan fingerprint density at radius 2 is 1.68 bits per heavy atom. The number of piperidine rings is 2. The van der Waals surface area contributed by atoms with Crippen molar-refractivity contribution in [3.63, 3.8) is 0 Å². The monoisotopic (exact) mass is 813 g/mol. The molecule has 2 saturated heterocycles. The third-order valence-corrected chi connectivity index (χ3v) is 12.2. The van der Waals surface area contributed by atoms with E-state index >= 15 is 0 Å². The van der Waals surface area contributed by atoms with E-state index in [2.05, 4.69) is 4.98 Å². The van der Waals surface area contributed by atoms with Gasteiger partial charge in [-0.05, 0) is 76.0 Å². The average Bonchev–Trinajstić information content (AvgIpc) is 3.65. The van der Waals surface area contributed by atoms with E-state index in [9.17, 15) is 51.3 Å². The molecule has 3 aliphatic rings. The zero-order valence-corrected chi connectivity index (χ0v) is 31.5. The van der Waals surface area contributed by atoms with Gasteiger partial charge in [-0.15, -0.1) is 11.3 Å². The third-order valence-electron chi connectivity index (χ3n) is 11.3. The number of ether oxygens (including phenoxy) is 2. The number of aliphatic hydroxyl groups excluding tert-OH is 1. The van der Waals surface area contributed by atoms with Gasteiger partial charge < -0.3 is 29.7 Å². The van der Waals surface area contributed by atoms with Gasteiger partial charge in [0.25, 0.3) is 5.91 Å². The predicted octanol–water partition coefficient (Wildman–Crippen LogP) is 7.79. The number of carboxylic acids is 1. The van der Waals surface area contributed by atoms with E-state index in [0.29, 0.717) is 54.8 Å². The van der Waals surface area contributed by atoms with E-state index in [1.165, 1.54) is 9.80 Å². The number of pyridine rings is 1. The normalized spacial score (nSPS) is 25.4. The Kier molecular flexibility index (Phi) is 12.3. The van der Waals surface area contributed by atoms with Crippen molar-refractivity contribution in [2.75, 3.05) is 19.6 Å². The zero-order valence-electron chi connectivity index (χ0n) is 30.7. The largest absolute Gasteiger partial charge is 0.490 e. The Morgan fingerprint density at radius 3 is 2.30 bits per heavy atom. The van der Waals surface area contributed by atoms with Gasteiger partial charge in [-0.1, -0.05) is 31.5 Å². The maximum atomic E-state index is 15.0. The fourth-order valence-electron chi connectivity index (χ4n) is 8.42. The molecule has 2 aliphatic heterocycles. The summed E-state index contributed by atoms with van der Waals surface area (Å²) in [5.41, 5.74) is -4.70. The van der Waals surface area contributed by atoms with Gasteiger partial charge in [-0.2, -0.15) is 26.3 Å². The van der Waals surface area contributed by atoms with Crippen LogP contribution in [-0.4, -0.2) is 79.4 Å². The lowest BCUT2D eigenvalue weighted by Gasteiger charge is -2.52. The second-order valence-corrected chi connectivity index (χ2v) is 15.8. The Balaban J connectivity index is 1.29. The van der Waals surface area contributed by atoms with E-state index in [-0.39, 0.29) is 63.6 Å². The number of aliphatic hydroxyl groups is 2. The molecule has 4 heterocycles. The molecule has 0 spiro atoms. The number of likely N-dealkylation sites (tertiary alicyclic amines) is 2. The number of carbonyl (C=O) groups is 2. The first-order chi connectivity index (χ1) is 26.5. The summed E-state index contributed by atoms with van der Waals surface area (Å²) in [6.45, 7) is 1.82. The second kappa shape index (κ2) is 16.5. The number of para-hydroxylation sites is 1. The Hall–Kier alpha value is -3.93. The molecule has 6 rings (SSSR count). The highest BCUT2D eigenvalue weighted by molar-refractivity contribution is 7.10. The average molecular weight is 814 g/mol. The first-order valence-electron chi connectivity index (χ1n) is 18.8. The SMILES string of the molecule is CCCC1N(C(O)c2ncccc2C(F)(F)F)CCCC1(Oc1csc(C(F)(F)F)c1)C(=O)N1CCC(O)(c2ccccc2OC2CCC(C(=O)O)CC2)CC1. The number of alkyl halides is 6. The standard InChI is InChI=1S/C39H45F6N3O7S/c1-2-7-30-37(55-26-22-31(56-23-26)39(43,44)45,15-6-19-48(30)33(49)32-28(38(40,41)42)9-5-18-46-32)35(52)47-20-16-36(53,17-21-47)27-8-3-4-10-29(27)54-25-13-11-24(12-14-25)34(50)51/h3-5,8-10,18,22-25,30,33,49,53H,2,6-7,11-17,19-21H2,1H3,(H,50,51). The van der Waals surface area contributed by atoms with Crippen molar-refractivity contribution in [3.8, 4) is 11.5 Å². The molecule has 306 valence electrons. The Morgan fingerprint density at radius 1 is 0.982 bits per heavy atom. The van der Waals surface area contributed by atoms with Crippen molar-refractivity contribution >= 4 is 23.2 Å². The summed E-state index contributed by atoms with van der Waals surface area (Å²) >= 11 is 0.383. The van der Waals surface area contributed by atoms with E-state index in [4.69, 9.17) is 9.47 Å². The Bertz CT molecular complexity index is 1840. The number of aliphatic carboxylic acids is 1. The van der Waals surface area contributed by atoms with Crippen LogP contribution >= 0.6 is 11.3 Å². The van der Waals surface area contributed by atoms with Crippen molar-refractivity contribution in [2.24, 2.45) is 5.92 Å². The van der Waals surface area contributed by atoms with Gasteiger partial charge in [0.2, 0.25) is 5.60 Å². The van der Waals surface area contributed by atoms with Crippen LogP contribution in [0.15, 0.2) is 54.0 Å². The van der Waals surface area contributed by atoms with Gasteiger partial charge in [0.1, 0.15) is 16.4 Å². The molecule has 17 heteroatoms. The molecule has 56 heavy (non-hydrogen) atoms. The number of carboxylic acid groups (broad SMARTS) is 1. The molecule has 3 atom stereocenters. The number of rotatable bonds is 11. The van der Waals surface area contributed by atoms with Gasteiger partial charge in [0.05, 0.1) is 34.9 Å². The second-order valence-electron chi connectivity index (χ2n) is 14.8. The highest BCUT2D eigenvalue weighted by atomic mass is 32.1. The fourth-order valence-corrected chi connectivity index (χ4v) is 9.10. The van der Waals surface area contributed by atoms with Gasteiger partial charge in [-0.25, -0.2) is 0 Å². The van der Waals surface area contributed by atoms with Crippen molar-refractivity contribution < 1.29 is 60.7 Å². The summed E-state index contributed by atoms with van der Waals surface area (Å²) in [7, 11) is 0. The Labute approximate surface area is 324 Å². The van der Waals surface area contributed by atoms with E-state index < -0.39 is 69.8 Å². The van der Waals surface area contributed by atoms with Gasteiger partial charge >= 0.3 is 18.3 Å². The summed E-state index contributed by atoms with van der Waals surface area (Å²) in [6, 6.07) is 8.57. The molecule has 3 N–H and O–H groups in total. The van der Waals surface area contributed by atoms with Gasteiger partial charge in [-0.3, -0.25) is 19.5 Å². The minimum atomic E-state index is -4.86. The molecule has 3 unspecified atom stereocenters.